The topological polar surface area (TPSA) is 46.2 Å². The van der Waals surface area contributed by atoms with E-state index in [1.807, 2.05) is 0 Å². The summed E-state index contributed by atoms with van der Waals surface area (Å²) in [5.74, 6) is 2.04. The standard InChI is InChI=1S/C12H25NO2S/c1-3-8-13-10-12-6-5-11(12)7-9-16(14,15)4-2/h11-13H,3-10H2,1-2H3. The van der Waals surface area contributed by atoms with Gasteiger partial charge in [0.25, 0.3) is 0 Å². The predicted octanol–water partition coefficient (Wildman–Crippen LogP) is 1.84. The maximum atomic E-state index is 11.4. The highest BCUT2D eigenvalue weighted by Gasteiger charge is 2.30. The van der Waals surface area contributed by atoms with Crippen LogP contribution in [-0.4, -0.2) is 33.0 Å². The summed E-state index contributed by atoms with van der Waals surface area (Å²) < 4.78 is 22.8. The summed E-state index contributed by atoms with van der Waals surface area (Å²) in [6.07, 6.45) is 4.53. The van der Waals surface area contributed by atoms with Crippen molar-refractivity contribution in [3.8, 4) is 0 Å². The van der Waals surface area contributed by atoms with Crippen molar-refractivity contribution in [3.63, 3.8) is 0 Å². The zero-order chi connectivity index (χ0) is 12.0. The van der Waals surface area contributed by atoms with Crippen LogP contribution < -0.4 is 5.32 Å². The molecule has 0 aromatic carbocycles. The highest BCUT2D eigenvalue weighted by atomic mass is 32.2. The summed E-state index contributed by atoms with van der Waals surface area (Å²) in [5.41, 5.74) is 0. The first-order valence-corrected chi connectivity index (χ1v) is 8.32. The van der Waals surface area contributed by atoms with Crippen LogP contribution in [0, 0.1) is 11.8 Å². The van der Waals surface area contributed by atoms with Crippen molar-refractivity contribution in [3.05, 3.63) is 0 Å². The quantitative estimate of drug-likeness (QED) is 0.666. The van der Waals surface area contributed by atoms with Crippen molar-refractivity contribution in [2.24, 2.45) is 11.8 Å². The third-order valence-corrected chi connectivity index (χ3v) is 5.39. The van der Waals surface area contributed by atoms with Crippen LogP contribution in [0.4, 0.5) is 0 Å². The van der Waals surface area contributed by atoms with Crippen molar-refractivity contribution in [1.29, 1.82) is 0 Å². The summed E-state index contributed by atoms with van der Waals surface area (Å²) in [5, 5.41) is 3.43. The first kappa shape index (κ1) is 14.0. The lowest BCUT2D eigenvalue weighted by molar-refractivity contribution is 0.167. The molecule has 16 heavy (non-hydrogen) atoms. The molecule has 1 aliphatic rings. The fourth-order valence-electron chi connectivity index (χ4n) is 2.23. The van der Waals surface area contributed by atoms with Gasteiger partial charge in [0.15, 0.2) is 0 Å². The number of rotatable bonds is 8. The number of sulfone groups is 1. The minimum absolute atomic E-state index is 0.290. The van der Waals surface area contributed by atoms with E-state index < -0.39 is 9.84 Å². The molecule has 0 aromatic heterocycles. The summed E-state index contributed by atoms with van der Waals surface area (Å²) >= 11 is 0. The van der Waals surface area contributed by atoms with E-state index in [0.29, 0.717) is 17.4 Å². The molecule has 1 N–H and O–H groups in total. The van der Waals surface area contributed by atoms with Crippen molar-refractivity contribution < 1.29 is 8.42 Å². The third-order valence-electron chi connectivity index (χ3n) is 3.65. The Morgan fingerprint density at radius 3 is 2.38 bits per heavy atom. The van der Waals surface area contributed by atoms with Crippen LogP contribution in [0.1, 0.15) is 39.5 Å². The molecule has 0 bridgehead atoms. The molecule has 0 spiro atoms. The number of nitrogens with one attached hydrogen (secondary N) is 1. The van der Waals surface area contributed by atoms with Crippen LogP contribution in [0.2, 0.25) is 0 Å². The van der Waals surface area contributed by atoms with Crippen LogP contribution in [0.3, 0.4) is 0 Å². The van der Waals surface area contributed by atoms with Gasteiger partial charge in [-0.2, -0.15) is 0 Å². The van der Waals surface area contributed by atoms with Crippen molar-refractivity contribution in [2.45, 2.75) is 39.5 Å². The molecule has 1 rings (SSSR count). The molecule has 1 fully saturated rings. The van der Waals surface area contributed by atoms with Gasteiger partial charge in [0, 0.05) is 5.75 Å². The second-order valence-corrected chi connectivity index (χ2v) is 7.30. The lowest BCUT2D eigenvalue weighted by Gasteiger charge is -2.37. The van der Waals surface area contributed by atoms with Gasteiger partial charge in [0.2, 0.25) is 0 Å². The zero-order valence-corrected chi connectivity index (χ0v) is 11.4. The maximum absolute atomic E-state index is 11.4. The van der Waals surface area contributed by atoms with Crippen LogP contribution in [-0.2, 0) is 9.84 Å². The highest BCUT2D eigenvalue weighted by molar-refractivity contribution is 7.91. The Kier molecular flexibility index (Phi) is 5.76. The molecular weight excluding hydrogens is 222 g/mol. The normalized spacial score (nSPS) is 25.4. The Bertz CT molecular complexity index is 287. The molecule has 0 aliphatic heterocycles. The maximum Gasteiger partial charge on any atom is 0.150 e. The first-order valence-electron chi connectivity index (χ1n) is 6.50. The fourth-order valence-corrected chi connectivity index (χ4v) is 3.18. The zero-order valence-electron chi connectivity index (χ0n) is 10.5. The Morgan fingerprint density at radius 1 is 1.19 bits per heavy atom. The Morgan fingerprint density at radius 2 is 1.88 bits per heavy atom. The molecule has 96 valence electrons. The van der Waals surface area contributed by atoms with E-state index in [1.54, 1.807) is 6.92 Å². The van der Waals surface area contributed by atoms with E-state index in [4.69, 9.17) is 0 Å². The third kappa shape index (κ3) is 4.42. The molecule has 4 heteroatoms. The van der Waals surface area contributed by atoms with Gasteiger partial charge < -0.3 is 5.32 Å². The average Bonchev–Trinajstić information content (AvgIpc) is 2.23. The van der Waals surface area contributed by atoms with E-state index in [0.717, 1.165) is 25.4 Å². The molecule has 0 aromatic rings. The van der Waals surface area contributed by atoms with Gasteiger partial charge in [0.1, 0.15) is 9.84 Å². The summed E-state index contributed by atoms with van der Waals surface area (Å²) in [6.45, 7) is 6.05. The monoisotopic (exact) mass is 247 g/mol. The van der Waals surface area contributed by atoms with Crippen molar-refractivity contribution >= 4 is 9.84 Å². The Labute approximate surface area is 99.9 Å². The first-order chi connectivity index (χ1) is 7.59. The fraction of sp³-hybridized carbons (Fsp3) is 1.00. The van der Waals surface area contributed by atoms with Crippen LogP contribution >= 0.6 is 0 Å². The molecular formula is C12H25NO2S. The van der Waals surface area contributed by atoms with E-state index in [1.165, 1.54) is 19.3 Å². The summed E-state index contributed by atoms with van der Waals surface area (Å²) in [6, 6.07) is 0. The lowest BCUT2D eigenvalue weighted by Crippen LogP contribution is -2.36. The summed E-state index contributed by atoms with van der Waals surface area (Å²) in [4.78, 5) is 0. The van der Waals surface area contributed by atoms with Crippen molar-refractivity contribution in [1.82, 2.24) is 5.32 Å². The van der Waals surface area contributed by atoms with Gasteiger partial charge in [-0.25, -0.2) is 8.42 Å². The Hall–Kier alpha value is -0.0900. The average molecular weight is 247 g/mol. The number of hydrogen-bond donors (Lipinski definition) is 1. The molecule has 2 atom stereocenters. The van der Waals surface area contributed by atoms with E-state index >= 15 is 0 Å². The molecule has 1 aliphatic carbocycles. The molecule has 0 radical (unpaired) electrons. The minimum Gasteiger partial charge on any atom is -0.316 e. The molecule has 2 unspecified atom stereocenters. The smallest absolute Gasteiger partial charge is 0.150 e. The molecule has 0 amide bonds. The van der Waals surface area contributed by atoms with Gasteiger partial charge in [-0.3, -0.25) is 0 Å². The van der Waals surface area contributed by atoms with Gasteiger partial charge in [-0.15, -0.1) is 0 Å². The summed E-state index contributed by atoms with van der Waals surface area (Å²) in [7, 11) is -2.76. The minimum atomic E-state index is -2.76. The van der Waals surface area contributed by atoms with Crippen LogP contribution in [0.5, 0.6) is 0 Å². The van der Waals surface area contributed by atoms with Crippen molar-refractivity contribution in [2.75, 3.05) is 24.6 Å². The molecule has 3 nitrogen and oxygen atoms in total. The van der Waals surface area contributed by atoms with Gasteiger partial charge in [-0.05, 0) is 50.6 Å². The number of hydrogen-bond acceptors (Lipinski definition) is 3. The second-order valence-electron chi connectivity index (χ2n) is 4.83. The molecule has 0 saturated heterocycles. The highest BCUT2D eigenvalue weighted by Crippen LogP contribution is 2.36. The van der Waals surface area contributed by atoms with Crippen LogP contribution in [0.15, 0.2) is 0 Å². The molecule has 1 saturated carbocycles. The van der Waals surface area contributed by atoms with Gasteiger partial charge >= 0.3 is 0 Å². The second kappa shape index (κ2) is 6.60. The van der Waals surface area contributed by atoms with E-state index in [2.05, 4.69) is 12.2 Å². The van der Waals surface area contributed by atoms with Gasteiger partial charge in [-0.1, -0.05) is 13.8 Å². The molecule has 0 heterocycles. The predicted molar refractivity (Wildman–Crippen MR) is 68.3 cm³/mol. The Balaban J connectivity index is 2.18. The van der Waals surface area contributed by atoms with Crippen LogP contribution in [0.25, 0.3) is 0 Å². The largest absolute Gasteiger partial charge is 0.316 e. The lowest BCUT2D eigenvalue weighted by atomic mass is 9.72. The van der Waals surface area contributed by atoms with E-state index in [-0.39, 0.29) is 0 Å². The van der Waals surface area contributed by atoms with E-state index in [9.17, 15) is 8.42 Å². The van der Waals surface area contributed by atoms with Gasteiger partial charge in [0.05, 0.1) is 5.75 Å². The SMILES string of the molecule is CCCNCC1CCC1CCS(=O)(=O)CC.